The molecule has 0 aliphatic rings. The highest BCUT2D eigenvalue weighted by molar-refractivity contribution is 7.99. The summed E-state index contributed by atoms with van der Waals surface area (Å²) in [5, 5.41) is 24.7. The predicted octanol–water partition coefficient (Wildman–Crippen LogP) is 3.83. The molecule has 0 aliphatic carbocycles. The average Bonchev–Trinajstić information content (AvgIpc) is 3.19. The van der Waals surface area contributed by atoms with Crippen LogP contribution in [0.3, 0.4) is 0 Å². The van der Waals surface area contributed by atoms with Crippen molar-refractivity contribution in [3.63, 3.8) is 0 Å². The number of nitrogens with zero attached hydrogens (tertiary/aromatic N) is 4. The second-order valence-corrected chi connectivity index (χ2v) is 8.07. The van der Waals surface area contributed by atoms with E-state index in [0.29, 0.717) is 17.5 Å². The number of nitro groups is 1. The van der Waals surface area contributed by atoms with Crippen LogP contribution in [0.25, 0.3) is 0 Å². The molecule has 1 aromatic heterocycles. The lowest BCUT2D eigenvalue weighted by Crippen LogP contribution is -2.25. The first kappa shape index (κ1) is 24.9. The number of nitro benzene ring substituents is 1. The zero-order chi connectivity index (χ0) is 24.7. The molecule has 2 N–H and O–H groups in total. The number of thioether (sulfide) groups is 1. The number of halogens is 2. The van der Waals surface area contributed by atoms with Crippen LogP contribution in [0.5, 0.6) is 0 Å². The molecule has 0 spiro atoms. The number of aromatic nitrogens is 3. The summed E-state index contributed by atoms with van der Waals surface area (Å²) in [7, 11) is 0. The van der Waals surface area contributed by atoms with Gasteiger partial charge in [0.05, 0.1) is 33.5 Å². The van der Waals surface area contributed by atoms with Crippen molar-refractivity contribution in [2.75, 3.05) is 11.1 Å². The third kappa shape index (κ3) is 6.17. The minimum absolute atomic E-state index is 0.0238. The van der Waals surface area contributed by atoms with Crippen LogP contribution in [0, 0.1) is 15.9 Å². The molecule has 13 heteroatoms. The van der Waals surface area contributed by atoms with Crippen LogP contribution < -0.4 is 10.6 Å². The third-order valence-electron chi connectivity index (χ3n) is 4.40. The van der Waals surface area contributed by atoms with Crippen LogP contribution in [0.15, 0.2) is 60.3 Å². The number of amides is 2. The Bertz CT molecular complexity index is 1250. The fourth-order valence-electron chi connectivity index (χ4n) is 2.81. The quantitative estimate of drug-likeness (QED) is 0.185. The molecule has 10 nitrogen and oxygen atoms in total. The van der Waals surface area contributed by atoms with Crippen molar-refractivity contribution in [1.82, 2.24) is 20.1 Å². The van der Waals surface area contributed by atoms with Gasteiger partial charge in [0.1, 0.15) is 5.82 Å². The normalized spacial score (nSPS) is 10.5. The third-order valence-corrected chi connectivity index (χ3v) is 5.69. The van der Waals surface area contributed by atoms with Gasteiger partial charge < -0.3 is 15.2 Å². The summed E-state index contributed by atoms with van der Waals surface area (Å²) < 4.78 is 15.4. The topological polar surface area (TPSA) is 132 Å². The van der Waals surface area contributed by atoms with Crippen molar-refractivity contribution in [3.05, 3.63) is 87.5 Å². The van der Waals surface area contributed by atoms with Gasteiger partial charge in [0.25, 0.3) is 11.6 Å². The van der Waals surface area contributed by atoms with Gasteiger partial charge in [0.15, 0.2) is 11.0 Å². The summed E-state index contributed by atoms with van der Waals surface area (Å²) in [5.74, 6) is -1.41. The summed E-state index contributed by atoms with van der Waals surface area (Å²) in [6.45, 7) is 3.96. The molecule has 0 saturated heterocycles. The highest BCUT2D eigenvalue weighted by atomic mass is 35.5. The molecule has 0 bridgehead atoms. The minimum Gasteiger partial charge on any atom is -0.345 e. The lowest BCUT2D eigenvalue weighted by Gasteiger charge is -2.10. The Kier molecular flexibility index (Phi) is 8.33. The van der Waals surface area contributed by atoms with E-state index in [1.165, 1.54) is 36.4 Å². The van der Waals surface area contributed by atoms with Crippen molar-refractivity contribution in [2.45, 2.75) is 18.2 Å². The first-order valence-corrected chi connectivity index (χ1v) is 11.1. The first-order valence-electron chi connectivity index (χ1n) is 9.72. The fourth-order valence-corrected chi connectivity index (χ4v) is 3.74. The van der Waals surface area contributed by atoms with Gasteiger partial charge in [-0.1, -0.05) is 41.6 Å². The highest BCUT2D eigenvalue weighted by Gasteiger charge is 2.17. The van der Waals surface area contributed by atoms with Crippen LogP contribution in [0.1, 0.15) is 16.2 Å². The first-order chi connectivity index (χ1) is 16.3. The van der Waals surface area contributed by atoms with E-state index in [2.05, 4.69) is 27.4 Å². The van der Waals surface area contributed by atoms with Crippen LogP contribution in [0.4, 0.5) is 15.8 Å². The van der Waals surface area contributed by atoms with Crippen LogP contribution in [0.2, 0.25) is 5.02 Å². The van der Waals surface area contributed by atoms with Crippen molar-refractivity contribution in [2.24, 2.45) is 0 Å². The Hall–Kier alpha value is -3.77. The SMILES string of the molecule is C=CCn1c(CNC(=O)c2ccccc2F)nnc1SCC(=O)Nc1cc([N+](=O)[O-])ccc1Cl. The largest absolute Gasteiger partial charge is 0.345 e. The molecular formula is C21H18ClFN6O4S. The van der Waals surface area contributed by atoms with Gasteiger partial charge in [0, 0.05) is 18.7 Å². The summed E-state index contributed by atoms with van der Waals surface area (Å²) in [6, 6.07) is 9.32. The van der Waals surface area contributed by atoms with Gasteiger partial charge in [-0.25, -0.2) is 4.39 Å². The Morgan fingerprint density at radius 2 is 2.03 bits per heavy atom. The maximum Gasteiger partial charge on any atom is 0.271 e. The van der Waals surface area contributed by atoms with E-state index in [4.69, 9.17) is 11.6 Å². The number of nitrogens with one attached hydrogen (secondary N) is 2. The molecular weight excluding hydrogens is 487 g/mol. The molecule has 176 valence electrons. The molecule has 0 saturated carbocycles. The molecule has 0 aliphatic heterocycles. The van der Waals surface area contributed by atoms with Gasteiger partial charge in [-0.05, 0) is 18.2 Å². The van der Waals surface area contributed by atoms with Crippen molar-refractivity contribution in [3.8, 4) is 0 Å². The van der Waals surface area contributed by atoms with E-state index in [0.717, 1.165) is 11.8 Å². The molecule has 2 amide bonds. The summed E-state index contributed by atoms with van der Waals surface area (Å²) in [4.78, 5) is 35.0. The van der Waals surface area contributed by atoms with Crippen LogP contribution >= 0.6 is 23.4 Å². The Balaban J connectivity index is 1.64. The van der Waals surface area contributed by atoms with Crippen molar-refractivity contribution >= 4 is 46.6 Å². The molecule has 3 aromatic rings. The standard InChI is InChI=1S/C21H18ClFN6O4S/c1-2-9-28-18(11-24-20(31)14-5-3-4-6-16(14)23)26-27-21(28)34-12-19(30)25-17-10-13(29(32)33)7-8-15(17)22/h2-8,10H,1,9,11-12H2,(H,24,31)(H,25,30). The molecule has 0 unspecified atom stereocenters. The number of rotatable bonds is 10. The summed E-state index contributed by atoms with van der Waals surface area (Å²) in [6.07, 6.45) is 1.60. The smallest absolute Gasteiger partial charge is 0.271 e. The number of carbonyl (C=O) groups excluding carboxylic acids is 2. The van der Waals surface area contributed by atoms with Crippen molar-refractivity contribution < 1.29 is 18.9 Å². The number of allylic oxidation sites excluding steroid dienone is 1. The van der Waals surface area contributed by atoms with E-state index < -0.39 is 22.6 Å². The number of benzene rings is 2. The molecule has 34 heavy (non-hydrogen) atoms. The lowest BCUT2D eigenvalue weighted by atomic mass is 10.2. The molecule has 3 rings (SSSR count). The molecule has 2 aromatic carbocycles. The summed E-state index contributed by atoms with van der Waals surface area (Å²) in [5.41, 5.74) is -0.186. The molecule has 0 atom stereocenters. The number of carbonyl (C=O) groups is 2. The van der Waals surface area contributed by atoms with E-state index in [1.807, 2.05) is 0 Å². The Labute approximate surface area is 202 Å². The van der Waals surface area contributed by atoms with Crippen molar-refractivity contribution in [1.29, 1.82) is 0 Å². The minimum atomic E-state index is -0.640. The highest BCUT2D eigenvalue weighted by Crippen LogP contribution is 2.27. The van der Waals surface area contributed by atoms with E-state index in [1.54, 1.807) is 16.7 Å². The zero-order valence-electron chi connectivity index (χ0n) is 17.5. The predicted molar refractivity (Wildman–Crippen MR) is 125 cm³/mol. The second-order valence-electron chi connectivity index (χ2n) is 6.72. The summed E-state index contributed by atoms with van der Waals surface area (Å²) >= 11 is 7.07. The molecule has 0 radical (unpaired) electrons. The molecule has 1 heterocycles. The number of anilines is 1. The van der Waals surface area contributed by atoms with E-state index >= 15 is 0 Å². The van der Waals surface area contributed by atoms with E-state index in [-0.39, 0.29) is 34.3 Å². The molecule has 0 fully saturated rings. The van der Waals surface area contributed by atoms with Gasteiger partial charge in [0.2, 0.25) is 5.91 Å². The maximum atomic E-state index is 13.8. The van der Waals surface area contributed by atoms with Gasteiger partial charge in [-0.2, -0.15) is 0 Å². The van der Waals surface area contributed by atoms with Crippen LogP contribution in [-0.2, 0) is 17.9 Å². The number of non-ortho nitro benzene ring substituents is 1. The second kappa shape index (κ2) is 11.4. The average molecular weight is 505 g/mol. The van der Waals surface area contributed by atoms with Crippen LogP contribution in [-0.4, -0.2) is 37.3 Å². The zero-order valence-corrected chi connectivity index (χ0v) is 19.1. The monoisotopic (exact) mass is 504 g/mol. The Morgan fingerprint density at radius 1 is 1.26 bits per heavy atom. The fraction of sp³-hybridized carbons (Fsp3) is 0.143. The van der Waals surface area contributed by atoms with E-state index in [9.17, 15) is 24.1 Å². The maximum absolute atomic E-state index is 13.8. The van der Waals surface area contributed by atoms with Gasteiger partial charge in [-0.15, -0.1) is 16.8 Å². The van der Waals surface area contributed by atoms with Gasteiger partial charge in [-0.3, -0.25) is 19.7 Å². The number of hydrogen-bond donors (Lipinski definition) is 2. The Morgan fingerprint density at radius 3 is 2.74 bits per heavy atom. The lowest BCUT2D eigenvalue weighted by molar-refractivity contribution is -0.384. The number of hydrogen-bond acceptors (Lipinski definition) is 7. The van der Waals surface area contributed by atoms with Gasteiger partial charge >= 0.3 is 0 Å².